The normalized spacial score (nSPS) is 13.8. The minimum atomic E-state index is -0.536. The number of benzene rings is 2. The molecule has 0 aliphatic rings. The second kappa shape index (κ2) is 6.97. The van der Waals surface area contributed by atoms with Crippen molar-refractivity contribution in [2.75, 3.05) is 0 Å². The standard InChI is InChI=1S/C18H21ClO2/c1-4-12(2)14-5-8-16(9-6-14)21-18-10-7-15(13(3)20)11-17(18)19/h5-13,20H,4H2,1-3H3. The molecule has 0 aromatic heterocycles. The van der Waals surface area contributed by atoms with Crippen LogP contribution in [0.25, 0.3) is 0 Å². The van der Waals surface area contributed by atoms with Crippen LogP contribution in [0.3, 0.4) is 0 Å². The lowest BCUT2D eigenvalue weighted by Crippen LogP contribution is -1.93. The average molecular weight is 305 g/mol. The fourth-order valence-electron chi connectivity index (χ4n) is 2.09. The quantitative estimate of drug-likeness (QED) is 0.768. The Hall–Kier alpha value is -1.51. The summed E-state index contributed by atoms with van der Waals surface area (Å²) in [7, 11) is 0. The summed E-state index contributed by atoms with van der Waals surface area (Å²) in [5, 5.41) is 10.0. The fourth-order valence-corrected chi connectivity index (χ4v) is 2.31. The van der Waals surface area contributed by atoms with Crippen LogP contribution in [-0.2, 0) is 0 Å². The number of hydrogen-bond acceptors (Lipinski definition) is 2. The Balaban J connectivity index is 2.15. The zero-order chi connectivity index (χ0) is 15.4. The topological polar surface area (TPSA) is 29.5 Å². The van der Waals surface area contributed by atoms with Crippen LogP contribution in [-0.4, -0.2) is 5.11 Å². The Morgan fingerprint density at radius 3 is 2.19 bits per heavy atom. The molecule has 0 heterocycles. The van der Waals surface area contributed by atoms with E-state index in [4.69, 9.17) is 16.3 Å². The second-order valence-electron chi connectivity index (χ2n) is 5.35. The molecule has 0 bridgehead atoms. The van der Waals surface area contributed by atoms with Gasteiger partial charge in [0.1, 0.15) is 11.5 Å². The third-order valence-electron chi connectivity index (χ3n) is 3.73. The molecule has 0 spiro atoms. The molecule has 2 nitrogen and oxygen atoms in total. The Labute approximate surface area is 131 Å². The molecular formula is C18H21ClO2. The highest BCUT2D eigenvalue weighted by molar-refractivity contribution is 6.32. The Bertz CT molecular complexity index is 591. The first-order valence-corrected chi connectivity index (χ1v) is 7.64. The van der Waals surface area contributed by atoms with Crippen molar-refractivity contribution in [1.82, 2.24) is 0 Å². The lowest BCUT2D eigenvalue weighted by atomic mass is 9.99. The number of ether oxygens (including phenoxy) is 1. The molecule has 2 unspecified atom stereocenters. The van der Waals surface area contributed by atoms with E-state index in [-0.39, 0.29) is 0 Å². The summed E-state index contributed by atoms with van der Waals surface area (Å²) in [6.07, 6.45) is 0.582. The third-order valence-corrected chi connectivity index (χ3v) is 4.02. The maximum Gasteiger partial charge on any atom is 0.146 e. The zero-order valence-electron chi connectivity index (χ0n) is 12.6. The number of hydrogen-bond donors (Lipinski definition) is 1. The molecule has 0 saturated heterocycles. The van der Waals surface area contributed by atoms with E-state index in [1.165, 1.54) is 5.56 Å². The molecule has 3 heteroatoms. The average Bonchev–Trinajstić information content (AvgIpc) is 2.49. The first-order valence-electron chi connectivity index (χ1n) is 7.26. The van der Waals surface area contributed by atoms with Crippen molar-refractivity contribution in [2.24, 2.45) is 0 Å². The van der Waals surface area contributed by atoms with Gasteiger partial charge in [0.15, 0.2) is 0 Å². The molecule has 1 N–H and O–H groups in total. The van der Waals surface area contributed by atoms with Gasteiger partial charge in [-0.3, -0.25) is 0 Å². The van der Waals surface area contributed by atoms with Crippen LogP contribution < -0.4 is 4.74 Å². The highest BCUT2D eigenvalue weighted by Crippen LogP contribution is 2.32. The van der Waals surface area contributed by atoms with E-state index in [0.717, 1.165) is 17.7 Å². The van der Waals surface area contributed by atoms with Crippen LogP contribution in [0.2, 0.25) is 5.02 Å². The Morgan fingerprint density at radius 2 is 1.67 bits per heavy atom. The summed E-state index contributed by atoms with van der Waals surface area (Å²) in [5.41, 5.74) is 2.08. The Morgan fingerprint density at radius 1 is 1.05 bits per heavy atom. The molecule has 0 radical (unpaired) electrons. The predicted molar refractivity (Wildman–Crippen MR) is 87.3 cm³/mol. The number of aliphatic hydroxyl groups excluding tert-OH is 1. The van der Waals surface area contributed by atoms with E-state index in [1.807, 2.05) is 18.2 Å². The van der Waals surface area contributed by atoms with Gasteiger partial charge in [-0.15, -0.1) is 0 Å². The highest BCUT2D eigenvalue weighted by atomic mass is 35.5. The lowest BCUT2D eigenvalue weighted by Gasteiger charge is -2.12. The molecule has 0 aliphatic carbocycles. The van der Waals surface area contributed by atoms with Gasteiger partial charge in [-0.2, -0.15) is 0 Å². The van der Waals surface area contributed by atoms with Crippen molar-refractivity contribution in [2.45, 2.75) is 39.2 Å². The van der Waals surface area contributed by atoms with E-state index in [1.54, 1.807) is 19.1 Å². The molecule has 21 heavy (non-hydrogen) atoms. The van der Waals surface area contributed by atoms with Crippen molar-refractivity contribution in [3.05, 3.63) is 58.6 Å². The van der Waals surface area contributed by atoms with Gasteiger partial charge in [0, 0.05) is 0 Å². The highest BCUT2D eigenvalue weighted by Gasteiger charge is 2.08. The number of rotatable bonds is 5. The minimum absolute atomic E-state index is 0.499. The number of aliphatic hydroxyl groups is 1. The van der Waals surface area contributed by atoms with Crippen molar-refractivity contribution in [3.63, 3.8) is 0 Å². The molecule has 2 aromatic rings. The molecule has 112 valence electrons. The molecule has 0 fully saturated rings. The smallest absolute Gasteiger partial charge is 0.146 e. The molecule has 0 aliphatic heterocycles. The van der Waals surface area contributed by atoms with Crippen LogP contribution in [0.15, 0.2) is 42.5 Å². The van der Waals surface area contributed by atoms with Crippen molar-refractivity contribution < 1.29 is 9.84 Å². The summed E-state index contributed by atoms with van der Waals surface area (Å²) in [5.74, 6) is 1.90. The fraction of sp³-hybridized carbons (Fsp3) is 0.333. The van der Waals surface area contributed by atoms with Gasteiger partial charge < -0.3 is 9.84 Å². The van der Waals surface area contributed by atoms with Crippen molar-refractivity contribution in [1.29, 1.82) is 0 Å². The summed E-state index contributed by atoms with van der Waals surface area (Å²) in [4.78, 5) is 0. The van der Waals surface area contributed by atoms with E-state index in [2.05, 4.69) is 26.0 Å². The van der Waals surface area contributed by atoms with Gasteiger partial charge in [-0.1, -0.05) is 43.6 Å². The molecule has 0 saturated carbocycles. The van der Waals surface area contributed by atoms with Gasteiger partial charge >= 0.3 is 0 Å². The molecule has 2 aromatic carbocycles. The lowest BCUT2D eigenvalue weighted by molar-refractivity contribution is 0.199. The van der Waals surface area contributed by atoms with E-state index >= 15 is 0 Å². The van der Waals surface area contributed by atoms with Gasteiger partial charge in [0.25, 0.3) is 0 Å². The first-order chi connectivity index (χ1) is 10.0. The molecule has 0 amide bonds. The summed E-state index contributed by atoms with van der Waals surface area (Å²) in [6.45, 7) is 6.10. The predicted octanol–water partition coefficient (Wildman–Crippen LogP) is 5.70. The second-order valence-corrected chi connectivity index (χ2v) is 5.75. The van der Waals surface area contributed by atoms with E-state index in [0.29, 0.717) is 16.7 Å². The van der Waals surface area contributed by atoms with Crippen LogP contribution in [0, 0.1) is 0 Å². The summed E-state index contributed by atoms with van der Waals surface area (Å²) >= 11 is 6.19. The summed E-state index contributed by atoms with van der Waals surface area (Å²) < 4.78 is 5.80. The molecule has 2 atom stereocenters. The first kappa shape index (κ1) is 15.9. The van der Waals surface area contributed by atoms with Gasteiger partial charge in [-0.25, -0.2) is 0 Å². The van der Waals surface area contributed by atoms with Crippen LogP contribution in [0.1, 0.15) is 50.3 Å². The summed E-state index contributed by atoms with van der Waals surface area (Å²) in [6, 6.07) is 13.4. The zero-order valence-corrected chi connectivity index (χ0v) is 13.4. The van der Waals surface area contributed by atoms with Gasteiger partial charge in [0.2, 0.25) is 0 Å². The van der Waals surface area contributed by atoms with Crippen LogP contribution in [0.5, 0.6) is 11.5 Å². The van der Waals surface area contributed by atoms with Crippen LogP contribution >= 0.6 is 11.6 Å². The minimum Gasteiger partial charge on any atom is -0.456 e. The van der Waals surface area contributed by atoms with Gasteiger partial charge in [-0.05, 0) is 54.7 Å². The SMILES string of the molecule is CCC(C)c1ccc(Oc2ccc(C(C)O)cc2Cl)cc1. The van der Waals surface area contributed by atoms with Crippen molar-refractivity contribution in [3.8, 4) is 11.5 Å². The van der Waals surface area contributed by atoms with Crippen LogP contribution in [0.4, 0.5) is 0 Å². The molecule has 2 rings (SSSR count). The maximum atomic E-state index is 9.54. The van der Waals surface area contributed by atoms with Crippen molar-refractivity contribution >= 4 is 11.6 Å². The monoisotopic (exact) mass is 304 g/mol. The molecular weight excluding hydrogens is 284 g/mol. The largest absolute Gasteiger partial charge is 0.456 e. The third kappa shape index (κ3) is 3.99. The Kier molecular flexibility index (Phi) is 5.27. The maximum absolute atomic E-state index is 9.54. The van der Waals surface area contributed by atoms with E-state index in [9.17, 15) is 5.11 Å². The van der Waals surface area contributed by atoms with Gasteiger partial charge in [0.05, 0.1) is 11.1 Å². The number of halogens is 1. The van der Waals surface area contributed by atoms with E-state index < -0.39 is 6.10 Å².